The van der Waals surface area contributed by atoms with E-state index in [-0.39, 0.29) is 22.8 Å². The molecule has 2 saturated heterocycles. The molecule has 2 fully saturated rings. The molecule has 3 aromatic rings. The molecular weight excluding hydrogens is 482 g/mol. The fourth-order valence-corrected chi connectivity index (χ4v) is 5.13. The maximum absolute atomic E-state index is 15.1. The molecule has 0 bridgehead atoms. The predicted molar refractivity (Wildman–Crippen MR) is 123 cm³/mol. The molecule has 12 heteroatoms. The lowest BCUT2D eigenvalue weighted by Gasteiger charge is -2.40. The van der Waals surface area contributed by atoms with E-state index in [1.807, 2.05) is 0 Å². The van der Waals surface area contributed by atoms with Gasteiger partial charge in [0.1, 0.15) is 17.1 Å². The molecule has 2 aliphatic heterocycles. The van der Waals surface area contributed by atoms with E-state index in [9.17, 15) is 13.2 Å². The Morgan fingerprint density at radius 2 is 1.94 bits per heavy atom. The van der Waals surface area contributed by atoms with Crippen molar-refractivity contribution in [2.75, 3.05) is 24.7 Å². The van der Waals surface area contributed by atoms with Crippen LogP contribution in [0.4, 0.5) is 23.4 Å². The first-order chi connectivity index (χ1) is 17.1. The maximum Gasteiger partial charge on any atom is 0.573 e. The summed E-state index contributed by atoms with van der Waals surface area (Å²) in [5.41, 5.74) is 0.891. The Morgan fingerprint density at radius 3 is 2.58 bits per heavy atom. The summed E-state index contributed by atoms with van der Waals surface area (Å²) < 4.78 is 68.4. The molecule has 8 nitrogen and oxygen atoms in total. The van der Waals surface area contributed by atoms with Crippen LogP contribution in [-0.2, 0) is 4.74 Å². The van der Waals surface area contributed by atoms with Gasteiger partial charge in [0.05, 0.1) is 12.2 Å². The second-order valence-electron chi connectivity index (χ2n) is 9.42. The van der Waals surface area contributed by atoms with Crippen molar-refractivity contribution in [1.29, 1.82) is 0 Å². The normalized spacial score (nSPS) is 23.0. The van der Waals surface area contributed by atoms with E-state index in [1.54, 1.807) is 13.8 Å². The van der Waals surface area contributed by atoms with Crippen LogP contribution in [0, 0.1) is 19.7 Å². The standard InChI is InChI=1S/C24H27F4N5O3/c1-12-8-15(30-16-5-7-34-11-16)4-6-33(12)22-20(23-29-14(3)32-36-23)13(2)18-9-17(35-24(26,27)28)10-19(25)21(18)31-22/h9-10,12,15-16,30H,4-8,11H2,1-3H3/t12?,15?,16-/m0/s1. The molecule has 0 spiro atoms. The molecular formula is C24H27F4N5O3. The molecule has 3 atom stereocenters. The number of rotatable bonds is 5. The molecule has 1 N–H and O–H groups in total. The van der Waals surface area contributed by atoms with Crippen LogP contribution < -0.4 is 15.0 Å². The number of pyridine rings is 1. The highest BCUT2D eigenvalue weighted by Gasteiger charge is 2.34. The number of anilines is 1. The van der Waals surface area contributed by atoms with Gasteiger partial charge < -0.3 is 24.2 Å². The molecule has 2 aromatic heterocycles. The van der Waals surface area contributed by atoms with Gasteiger partial charge in [-0.3, -0.25) is 0 Å². The molecule has 1 aromatic carbocycles. The Balaban J connectivity index is 1.56. The van der Waals surface area contributed by atoms with Crippen molar-refractivity contribution in [3.8, 4) is 17.2 Å². The van der Waals surface area contributed by atoms with Crippen LogP contribution in [0.1, 0.15) is 37.6 Å². The number of hydrogen-bond acceptors (Lipinski definition) is 8. The van der Waals surface area contributed by atoms with Crippen molar-refractivity contribution in [2.45, 2.75) is 64.5 Å². The minimum atomic E-state index is -4.95. The highest BCUT2D eigenvalue weighted by atomic mass is 19.4. The SMILES string of the molecule is Cc1noc(-c2c(N3CCC(N[C@H]4CCOC4)CC3C)nc3c(F)cc(OC(F)(F)F)cc3c2C)n1. The number of nitrogens with one attached hydrogen (secondary N) is 1. The lowest BCUT2D eigenvalue weighted by atomic mass is 9.95. The Hall–Kier alpha value is -2.99. The highest BCUT2D eigenvalue weighted by Crippen LogP contribution is 2.40. The summed E-state index contributed by atoms with van der Waals surface area (Å²) in [4.78, 5) is 11.0. The molecule has 36 heavy (non-hydrogen) atoms. The van der Waals surface area contributed by atoms with Gasteiger partial charge in [0.15, 0.2) is 11.6 Å². The zero-order valence-electron chi connectivity index (χ0n) is 20.2. The summed E-state index contributed by atoms with van der Waals surface area (Å²) in [6.07, 6.45) is -2.30. The third kappa shape index (κ3) is 4.96. The quantitative estimate of drug-likeness (QED) is 0.497. The van der Waals surface area contributed by atoms with Crippen LogP contribution in [0.25, 0.3) is 22.4 Å². The van der Waals surface area contributed by atoms with Crippen LogP contribution in [0.15, 0.2) is 16.7 Å². The smallest absolute Gasteiger partial charge is 0.406 e. The van der Waals surface area contributed by atoms with Crippen LogP contribution in [0.5, 0.6) is 5.75 Å². The summed E-state index contributed by atoms with van der Waals surface area (Å²) in [6.45, 7) is 7.53. The second-order valence-corrected chi connectivity index (χ2v) is 9.42. The number of aromatic nitrogens is 3. The predicted octanol–water partition coefficient (Wildman–Crippen LogP) is 4.68. The largest absolute Gasteiger partial charge is 0.573 e. The number of nitrogens with zero attached hydrogens (tertiary/aromatic N) is 4. The minimum Gasteiger partial charge on any atom is -0.406 e. The van der Waals surface area contributed by atoms with E-state index in [0.717, 1.165) is 31.9 Å². The molecule has 194 valence electrons. The zero-order chi connectivity index (χ0) is 25.6. The van der Waals surface area contributed by atoms with Gasteiger partial charge in [0.2, 0.25) is 0 Å². The molecule has 0 saturated carbocycles. The first kappa shape index (κ1) is 24.7. The van der Waals surface area contributed by atoms with E-state index in [4.69, 9.17) is 9.26 Å². The number of benzene rings is 1. The van der Waals surface area contributed by atoms with Gasteiger partial charge in [0, 0.05) is 42.7 Å². The summed E-state index contributed by atoms with van der Waals surface area (Å²) in [7, 11) is 0. The Bertz CT molecular complexity index is 1260. The van der Waals surface area contributed by atoms with E-state index >= 15 is 4.39 Å². The molecule has 2 unspecified atom stereocenters. The van der Waals surface area contributed by atoms with E-state index < -0.39 is 17.9 Å². The summed E-state index contributed by atoms with van der Waals surface area (Å²) in [6, 6.07) is 2.52. The van der Waals surface area contributed by atoms with Crippen LogP contribution in [0.2, 0.25) is 0 Å². The van der Waals surface area contributed by atoms with E-state index in [0.29, 0.717) is 54.1 Å². The molecule has 0 amide bonds. The van der Waals surface area contributed by atoms with Gasteiger partial charge in [-0.1, -0.05) is 5.16 Å². The molecule has 2 aliphatic rings. The third-order valence-electron chi connectivity index (χ3n) is 6.78. The van der Waals surface area contributed by atoms with Crippen molar-refractivity contribution >= 4 is 16.7 Å². The van der Waals surface area contributed by atoms with Crippen LogP contribution in [0.3, 0.4) is 0 Å². The van der Waals surface area contributed by atoms with E-state index in [1.165, 1.54) is 0 Å². The topological polar surface area (TPSA) is 85.5 Å². The van der Waals surface area contributed by atoms with Gasteiger partial charge in [0.25, 0.3) is 5.89 Å². The summed E-state index contributed by atoms with van der Waals surface area (Å²) >= 11 is 0. The minimum absolute atomic E-state index is 0.0431. The Morgan fingerprint density at radius 1 is 1.14 bits per heavy atom. The van der Waals surface area contributed by atoms with Crippen molar-refractivity contribution < 1.29 is 31.6 Å². The highest BCUT2D eigenvalue weighted by molar-refractivity contribution is 5.93. The van der Waals surface area contributed by atoms with Crippen LogP contribution >= 0.6 is 0 Å². The van der Waals surface area contributed by atoms with Crippen molar-refractivity contribution in [3.05, 3.63) is 29.3 Å². The van der Waals surface area contributed by atoms with Gasteiger partial charge in [-0.25, -0.2) is 9.37 Å². The average molecular weight is 510 g/mol. The number of fused-ring (bicyclic) bond motifs is 1. The lowest BCUT2D eigenvalue weighted by molar-refractivity contribution is -0.274. The van der Waals surface area contributed by atoms with Gasteiger partial charge in [-0.15, -0.1) is 13.2 Å². The maximum atomic E-state index is 15.1. The summed E-state index contributed by atoms with van der Waals surface area (Å²) in [5.74, 6) is -0.538. The number of ether oxygens (including phenoxy) is 2. The third-order valence-corrected chi connectivity index (χ3v) is 6.78. The van der Waals surface area contributed by atoms with Crippen molar-refractivity contribution in [2.24, 2.45) is 0 Å². The first-order valence-corrected chi connectivity index (χ1v) is 11.9. The first-order valence-electron chi connectivity index (χ1n) is 11.9. The Labute approximate surface area is 205 Å². The second kappa shape index (κ2) is 9.47. The average Bonchev–Trinajstić information content (AvgIpc) is 3.45. The van der Waals surface area contributed by atoms with Gasteiger partial charge >= 0.3 is 6.36 Å². The van der Waals surface area contributed by atoms with Crippen molar-refractivity contribution in [3.63, 3.8) is 0 Å². The molecule has 0 aliphatic carbocycles. The fraction of sp³-hybridized carbons (Fsp3) is 0.542. The van der Waals surface area contributed by atoms with Gasteiger partial charge in [-0.05, 0) is 51.7 Å². The Kier molecular flexibility index (Phi) is 6.50. The van der Waals surface area contributed by atoms with E-state index in [2.05, 4.69) is 37.0 Å². The van der Waals surface area contributed by atoms with Crippen molar-refractivity contribution in [1.82, 2.24) is 20.4 Å². The van der Waals surface area contributed by atoms with Gasteiger partial charge in [-0.2, -0.15) is 4.98 Å². The lowest BCUT2D eigenvalue weighted by Crippen LogP contribution is -2.50. The fourth-order valence-electron chi connectivity index (χ4n) is 5.13. The summed E-state index contributed by atoms with van der Waals surface area (Å²) in [5, 5.41) is 7.71. The molecule has 0 radical (unpaired) electrons. The monoisotopic (exact) mass is 509 g/mol. The van der Waals surface area contributed by atoms with Crippen LogP contribution in [-0.4, -0.2) is 59.4 Å². The number of piperidine rings is 1. The zero-order valence-corrected chi connectivity index (χ0v) is 20.2. The number of halogens is 4. The number of hydrogen-bond donors (Lipinski definition) is 1. The molecule has 4 heterocycles. The molecule has 5 rings (SSSR count). The number of alkyl halides is 3. The number of aryl methyl sites for hydroxylation is 2.